The maximum atomic E-state index is 10.7. The maximum absolute atomic E-state index is 10.7. The first-order valence-corrected chi connectivity index (χ1v) is 3.66. The molecule has 6 nitrogen and oxygen atoms in total. The van der Waals surface area contributed by atoms with E-state index in [-0.39, 0.29) is 17.0 Å². The normalized spacial score (nSPS) is 8.93. The van der Waals surface area contributed by atoms with Gasteiger partial charge in [-0.2, -0.15) is 0 Å². The lowest BCUT2D eigenvalue weighted by molar-refractivity contribution is 0.0697. The molecule has 1 rings (SSSR count). The van der Waals surface area contributed by atoms with Crippen molar-refractivity contribution in [3.8, 4) is 5.75 Å². The maximum Gasteiger partial charge on any atom is 0.336 e. The van der Waals surface area contributed by atoms with Crippen molar-refractivity contribution < 1.29 is 14.6 Å². The number of methoxy groups -OCH3 is 1. The molecule has 0 spiro atoms. The van der Waals surface area contributed by atoms with Crippen LogP contribution in [0.2, 0.25) is 0 Å². The summed E-state index contributed by atoms with van der Waals surface area (Å²) >= 11 is 0. The average molecular weight is 193 g/mol. The van der Waals surface area contributed by atoms with Gasteiger partial charge >= 0.3 is 5.97 Å². The van der Waals surface area contributed by atoms with Crippen LogP contribution in [-0.2, 0) is 0 Å². The molecule has 0 saturated heterocycles. The number of hydrogen-bond acceptors (Lipinski definition) is 3. The third kappa shape index (κ3) is 1.75. The molecule has 0 aromatic heterocycles. The summed E-state index contributed by atoms with van der Waals surface area (Å²) in [4.78, 5) is 13.3. The quantitative estimate of drug-likeness (QED) is 0.453. The minimum atomic E-state index is -1.16. The molecule has 0 aliphatic heterocycles. The Labute approximate surface area is 79.4 Å². The van der Waals surface area contributed by atoms with E-state index in [2.05, 4.69) is 10.0 Å². The molecule has 0 fully saturated rings. The van der Waals surface area contributed by atoms with E-state index in [4.69, 9.17) is 15.4 Å². The smallest absolute Gasteiger partial charge is 0.336 e. The van der Waals surface area contributed by atoms with Gasteiger partial charge in [-0.1, -0.05) is 11.2 Å². The zero-order chi connectivity index (χ0) is 10.6. The van der Waals surface area contributed by atoms with Gasteiger partial charge in [-0.3, -0.25) is 0 Å². The van der Waals surface area contributed by atoms with E-state index in [0.29, 0.717) is 0 Å². The summed E-state index contributed by atoms with van der Waals surface area (Å²) in [5.74, 6) is -0.922. The van der Waals surface area contributed by atoms with Crippen LogP contribution in [0.3, 0.4) is 0 Å². The van der Waals surface area contributed by atoms with Gasteiger partial charge in [-0.05, 0) is 17.7 Å². The van der Waals surface area contributed by atoms with Crippen molar-refractivity contribution in [2.24, 2.45) is 5.11 Å². The number of azide groups is 1. The molecule has 6 heteroatoms. The highest BCUT2D eigenvalue weighted by Crippen LogP contribution is 2.31. The Balaban J connectivity index is 3.42. The van der Waals surface area contributed by atoms with Crippen LogP contribution in [0.4, 0.5) is 5.69 Å². The van der Waals surface area contributed by atoms with Crippen LogP contribution in [0.15, 0.2) is 23.3 Å². The average Bonchev–Trinajstić information content (AvgIpc) is 2.18. The van der Waals surface area contributed by atoms with E-state index in [1.807, 2.05) is 0 Å². The van der Waals surface area contributed by atoms with Crippen LogP contribution in [0.1, 0.15) is 10.4 Å². The standard InChI is InChI=1S/C8H7N3O3/c1-14-6-4-2-3-5(8(12)13)7(6)10-11-9/h2-4H,1H3,(H,12,13). The van der Waals surface area contributed by atoms with Crippen LogP contribution in [0.5, 0.6) is 5.75 Å². The van der Waals surface area contributed by atoms with Gasteiger partial charge in [0, 0.05) is 4.91 Å². The number of nitrogens with zero attached hydrogens (tertiary/aromatic N) is 3. The predicted molar refractivity (Wildman–Crippen MR) is 48.8 cm³/mol. The molecule has 0 aliphatic carbocycles. The van der Waals surface area contributed by atoms with Gasteiger partial charge in [-0.25, -0.2) is 4.79 Å². The Kier molecular flexibility index (Phi) is 2.93. The Morgan fingerprint density at radius 3 is 2.86 bits per heavy atom. The van der Waals surface area contributed by atoms with E-state index in [9.17, 15) is 4.79 Å². The van der Waals surface area contributed by atoms with Crippen molar-refractivity contribution in [1.29, 1.82) is 0 Å². The fourth-order valence-corrected chi connectivity index (χ4v) is 1.01. The molecule has 0 radical (unpaired) electrons. The van der Waals surface area contributed by atoms with Gasteiger partial charge in [0.15, 0.2) is 0 Å². The van der Waals surface area contributed by atoms with E-state index in [1.165, 1.54) is 25.3 Å². The number of benzene rings is 1. The second-order valence-corrected chi connectivity index (χ2v) is 2.35. The number of ether oxygens (including phenoxy) is 1. The predicted octanol–water partition coefficient (Wildman–Crippen LogP) is 2.34. The van der Waals surface area contributed by atoms with Gasteiger partial charge in [0.1, 0.15) is 5.75 Å². The number of carboxylic acid groups (broad SMARTS) is 1. The van der Waals surface area contributed by atoms with Crippen molar-refractivity contribution in [2.45, 2.75) is 0 Å². The van der Waals surface area contributed by atoms with Gasteiger partial charge in [-0.15, -0.1) is 0 Å². The molecule has 0 amide bonds. The molecule has 0 aliphatic rings. The zero-order valence-corrected chi connectivity index (χ0v) is 7.34. The lowest BCUT2D eigenvalue weighted by Crippen LogP contribution is -1.97. The summed E-state index contributed by atoms with van der Waals surface area (Å²) in [6, 6.07) is 4.38. The van der Waals surface area contributed by atoms with E-state index in [0.717, 1.165) is 0 Å². The molecule has 1 aromatic carbocycles. The third-order valence-corrected chi connectivity index (χ3v) is 1.59. The minimum absolute atomic E-state index is 0.00926. The molecule has 72 valence electrons. The Morgan fingerprint density at radius 1 is 1.64 bits per heavy atom. The Hall–Kier alpha value is -2.20. The number of carboxylic acids is 1. The van der Waals surface area contributed by atoms with Crippen LogP contribution in [0, 0.1) is 0 Å². The number of aromatic carboxylic acids is 1. The largest absolute Gasteiger partial charge is 0.496 e. The molecule has 0 atom stereocenters. The summed E-state index contributed by atoms with van der Waals surface area (Å²) in [6.07, 6.45) is 0. The first kappa shape index (κ1) is 9.88. The highest BCUT2D eigenvalue weighted by molar-refractivity contribution is 5.94. The van der Waals surface area contributed by atoms with Crippen LogP contribution >= 0.6 is 0 Å². The second kappa shape index (κ2) is 4.15. The number of rotatable bonds is 3. The molecule has 0 unspecified atom stereocenters. The molecular weight excluding hydrogens is 186 g/mol. The number of carbonyl (C=O) groups is 1. The third-order valence-electron chi connectivity index (χ3n) is 1.59. The fourth-order valence-electron chi connectivity index (χ4n) is 1.01. The Bertz CT molecular complexity index is 410. The number of hydrogen-bond donors (Lipinski definition) is 1. The van der Waals surface area contributed by atoms with E-state index >= 15 is 0 Å². The summed E-state index contributed by atoms with van der Waals surface area (Å²) in [7, 11) is 1.37. The topological polar surface area (TPSA) is 95.3 Å². The molecular formula is C8H7N3O3. The van der Waals surface area contributed by atoms with Crippen molar-refractivity contribution in [1.82, 2.24) is 0 Å². The molecule has 0 heterocycles. The summed E-state index contributed by atoms with van der Waals surface area (Å²) in [6.45, 7) is 0. The molecule has 0 bridgehead atoms. The first-order valence-electron chi connectivity index (χ1n) is 3.66. The highest BCUT2D eigenvalue weighted by atomic mass is 16.5. The van der Waals surface area contributed by atoms with Gasteiger partial charge in [0.2, 0.25) is 0 Å². The van der Waals surface area contributed by atoms with E-state index in [1.54, 1.807) is 0 Å². The van der Waals surface area contributed by atoms with E-state index < -0.39 is 5.97 Å². The second-order valence-electron chi connectivity index (χ2n) is 2.35. The fraction of sp³-hybridized carbons (Fsp3) is 0.125. The molecule has 14 heavy (non-hydrogen) atoms. The zero-order valence-electron chi connectivity index (χ0n) is 7.34. The van der Waals surface area contributed by atoms with Crippen LogP contribution in [0.25, 0.3) is 10.4 Å². The summed E-state index contributed by atoms with van der Waals surface area (Å²) < 4.78 is 4.86. The van der Waals surface area contributed by atoms with Crippen LogP contribution < -0.4 is 4.74 Å². The molecule has 1 N–H and O–H groups in total. The highest BCUT2D eigenvalue weighted by Gasteiger charge is 2.12. The molecule has 1 aromatic rings. The van der Waals surface area contributed by atoms with Crippen molar-refractivity contribution in [2.75, 3.05) is 7.11 Å². The Morgan fingerprint density at radius 2 is 2.36 bits per heavy atom. The van der Waals surface area contributed by atoms with Gasteiger partial charge in [0.25, 0.3) is 0 Å². The molecule has 0 saturated carbocycles. The SMILES string of the molecule is COc1cccc(C(=O)O)c1N=[N+]=[N-]. The monoisotopic (exact) mass is 193 g/mol. The van der Waals surface area contributed by atoms with Crippen LogP contribution in [-0.4, -0.2) is 18.2 Å². The lowest BCUT2D eigenvalue weighted by Gasteiger charge is -2.05. The lowest BCUT2D eigenvalue weighted by atomic mass is 10.1. The van der Waals surface area contributed by atoms with Crippen molar-refractivity contribution in [3.05, 3.63) is 34.2 Å². The van der Waals surface area contributed by atoms with Gasteiger partial charge in [0.05, 0.1) is 18.4 Å². The summed E-state index contributed by atoms with van der Waals surface area (Å²) in [5.41, 5.74) is 8.17. The first-order chi connectivity index (χ1) is 6.70. The van der Waals surface area contributed by atoms with Gasteiger partial charge < -0.3 is 9.84 Å². The summed E-state index contributed by atoms with van der Waals surface area (Å²) in [5, 5.41) is 12.0. The minimum Gasteiger partial charge on any atom is -0.496 e. The van der Waals surface area contributed by atoms with Crippen molar-refractivity contribution >= 4 is 11.7 Å². The van der Waals surface area contributed by atoms with Crippen molar-refractivity contribution in [3.63, 3.8) is 0 Å².